The quantitative estimate of drug-likeness (QED) is 0.847. The Bertz CT molecular complexity index is 438. The zero-order valence-corrected chi connectivity index (χ0v) is 9.34. The van der Waals surface area contributed by atoms with E-state index in [1.165, 1.54) is 6.07 Å². The zero-order chi connectivity index (χ0) is 12.3. The van der Waals surface area contributed by atoms with Crippen LogP contribution < -0.4 is 0 Å². The van der Waals surface area contributed by atoms with Crippen molar-refractivity contribution in [2.45, 2.75) is 6.18 Å². The van der Waals surface area contributed by atoms with Gasteiger partial charge in [-0.05, 0) is 29.8 Å². The Balaban J connectivity index is 3.14. The molecule has 1 aromatic carbocycles. The first-order valence-electron chi connectivity index (χ1n) is 4.08. The fourth-order valence-electron chi connectivity index (χ4n) is 1.01. The summed E-state index contributed by atoms with van der Waals surface area (Å²) in [4.78, 5) is 10.2. The van der Waals surface area contributed by atoms with Gasteiger partial charge in [0.05, 0.1) is 5.56 Å². The minimum atomic E-state index is -4.44. The largest absolute Gasteiger partial charge is 0.478 e. The fraction of sp³-hybridized carbons (Fsp3) is 0.100. The molecule has 2 nitrogen and oxygen atoms in total. The summed E-state index contributed by atoms with van der Waals surface area (Å²) in [6.45, 7) is 0. The molecule has 0 spiro atoms. The monoisotopic (exact) mass is 294 g/mol. The summed E-state index contributed by atoms with van der Waals surface area (Å²) in [7, 11) is 0. The number of hydrogen-bond acceptors (Lipinski definition) is 1. The van der Waals surface area contributed by atoms with Gasteiger partial charge in [-0.15, -0.1) is 0 Å². The van der Waals surface area contributed by atoms with E-state index in [9.17, 15) is 18.0 Å². The molecule has 0 aliphatic heterocycles. The van der Waals surface area contributed by atoms with Crippen LogP contribution in [0.2, 0.25) is 0 Å². The highest BCUT2D eigenvalue weighted by Gasteiger charge is 2.30. The zero-order valence-electron chi connectivity index (χ0n) is 7.75. The highest BCUT2D eigenvalue weighted by atomic mass is 79.9. The number of carbonyl (C=O) groups is 1. The normalized spacial score (nSPS) is 12.0. The predicted octanol–water partition coefficient (Wildman–Crippen LogP) is 3.57. The molecular formula is C10H6BrF3O2. The van der Waals surface area contributed by atoms with Gasteiger partial charge in [-0.1, -0.05) is 15.9 Å². The molecule has 0 aliphatic rings. The maximum absolute atomic E-state index is 12.3. The van der Waals surface area contributed by atoms with Crippen LogP contribution in [0.25, 0.3) is 6.08 Å². The summed E-state index contributed by atoms with van der Waals surface area (Å²) in [5, 5.41) is 8.37. The average Bonchev–Trinajstić information content (AvgIpc) is 2.14. The van der Waals surface area contributed by atoms with Gasteiger partial charge in [-0.2, -0.15) is 13.2 Å². The van der Waals surface area contributed by atoms with E-state index in [2.05, 4.69) is 15.9 Å². The summed E-state index contributed by atoms with van der Waals surface area (Å²) < 4.78 is 37.4. The Kier molecular flexibility index (Phi) is 3.74. The third-order valence-corrected chi connectivity index (χ3v) is 2.45. The van der Waals surface area contributed by atoms with Crippen molar-refractivity contribution in [2.75, 3.05) is 0 Å². The topological polar surface area (TPSA) is 37.3 Å². The molecule has 0 unspecified atom stereocenters. The molecular weight excluding hydrogens is 289 g/mol. The van der Waals surface area contributed by atoms with Crippen molar-refractivity contribution >= 4 is 28.0 Å². The lowest BCUT2D eigenvalue weighted by molar-refractivity contribution is -0.137. The van der Waals surface area contributed by atoms with Gasteiger partial charge in [-0.25, -0.2) is 4.79 Å². The van der Waals surface area contributed by atoms with E-state index in [1.54, 1.807) is 0 Å². The van der Waals surface area contributed by atoms with Crippen molar-refractivity contribution in [1.29, 1.82) is 0 Å². The van der Waals surface area contributed by atoms with Gasteiger partial charge in [0.15, 0.2) is 0 Å². The first kappa shape index (κ1) is 12.8. The van der Waals surface area contributed by atoms with Crippen molar-refractivity contribution in [1.82, 2.24) is 0 Å². The second-order valence-electron chi connectivity index (χ2n) is 2.91. The van der Waals surface area contributed by atoms with Gasteiger partial charge in [0, 0.05) is 10.5 Å². The summed E-state index contributed by atoms with van der Waals surface area (Å²) in [5.41, 5.74) is -0.655. The van der Waals surface area contributed by atoms with Crippen molar-refractivity contribution in [3.05, 3.63) is 39.9 Å². The van der Waals surface area contributed by atoms with Crippen LogP contribution in [0, 0.1) is 0 Å². The lowest BCUT2D eigenvalue weighted by Gasteiger charge is -2.08. The van der Waals surface area contributed by atoms with Crippen LogP contribution in [0.15, 0.2) is 28.7 Å². The number of benzene rings is 1. The van der Waals surface area contributed by atoms with Crippen molar-refractivity contribution in [3.8, 4) is 0 Å². The molecule has 0 aliphatic carbocycles. The highest BCUT2D eigenvalue weighted by molar-refractivity contribution is 9.10. The van der Waals surface area contributed by atoms with Crippen LogP contribution in [0.5, 0.6) is 0 Å². The minimum Gasteiger partial charge on any atom is -0.478 e. The molecule has 0 bridgehead atoms. The molecule has 16 heavy (non-hydrogen) atoms. The molecule has 0 saturated heterocycles. The lowest BCUT2D eigenvalue weighted by Crippen LogP contribution is -2.04. The van der Waals surface area contributed by atoms with Gasteiger partial charge >= 0.3 is 12.1 Å². The van der Waals surface area contributed by atoms with E-state index in [-0.39, 0.29) is 5.56 Å². The van der Waals surface area contributed by atoms with Crippen molar-refractivity contribution < 1.29 is 23.1 Å². The van der Waals surface area contributed by atoms with E-state index in [1.807, 2.05) is 0 Å². The van der Waals surface area contributed by atoms with E-state index < -0.39 is 17.7 Å². The molecule has 0 atom stereocenters. The Morgan fingerprint density at radius 3 is 2.50 bits per heavy atom. The first-order chi connectivity index (χ1) is 7.30. The number of alkyl halides is 3. The fourth-order valence-corrected chi connectivity index (χ4v) is 1.39. The number of carboxylic acid groups (broad SMARTS) is 1. The first-order valence-corrected chi connectivity index (χ1v) is 4.88. The molecule has 1 N–H and O–H groups in total. The van der Waals surface area contributed by atoms with E-state index in [0.29, 0.717) is 4.47 Å². The maximum atomic E-state index is 12.3. The molecule has 1 rings (SSSR count). The number of halogens is 4. The summed E-state index contributed by atoms with van der Waals surface area (Å²) in [6, 6.07) is 3.02. The standard InChI is InChI=1S/C10H6BrF3O2/c11-8-3-2-7(10(12,13)14)5-6(8)1-4-9(15)16/h1-5H,(H,15,16). The molecule has 0 aromatic heterocycles. The van der Waals surface area contributed by atoms with Crippen LogP contribution in [-0.4, -0.2) is 11.1 Å². The van der Waals surface area contributed by atoms with Gasteiger partial charge < -0.3 is 5.11 Å². The number of rotatable bonds is 2. The Labute approximate surface area is 97.5 Å². The SMILES string of the molecule is O=C(O)C=Cc1cc(C(F)(F)F)ccc1Br. The molecule has 0 saturated carbocycles. The van der Waals surface area contributed by atoms with Crippen LogP contribution >= 0.6 is 15.9 Å². The Hall–Kier alpha value is -1.30. The third kappa shape index (κ3) is 3.37. The number of carboxylic acids is 1. The smallest absolute Gasteiger partial charge is 0.416 e. The van der Waals surface area contributed by atoms with Gasteiger partial charge in [0.1, 0.15) is 0 Å². The second-order valence-corrected chi connectivity index (χ2v) is 3.76. The van der Waals surface area contributed by atoms with Crippen LogP contribution in [0.4, 0.5) is 13.2 Å². The minimum absolute atomic E-state index is 0.164. The molecule has 0 amide bonds. The Morgan fingerprint density at radius 2 is 2.00 bits per heavy atom. The predicted molar refractivity (Wildman–Crippen MR) is 55.8 cm³/mol. The number of aliphatic carboxylic acids is 1. The van der Waals surface area contributed by atoms with Gasteiger partial charge in [0.25, 0.3) is 0 Å². The van der Waals surface area contributed by atoms with Crippen molar-refractivity contribution in [2.24, 2.45) is 0 Å². The molecule has 86 valence electrons. The number of hydrogen-bond donors (Lipinski definition) is 1. The summed E-state index contributed by atoms with van der Waals surface area (Å²) in [6.07, 6.45) is -2.56. The van der Waals surface area contributed by atoms with E-state index in [4.69, 9.17) is 5.11 Å². The summed E-state index contributed by atoms with van der Waals surface area (Å²) >= 11 is 3.04. The second kappa shape index (κ2) is 4.69. The highest BCUT2D eigenvalue weighted by Crippen LogP contribution is 2.32. The van der Waals surface area contributed by atoms with E-state index >= 15 is 0 Å². The summed E-state index contributed by atoms with van der Waals surface area (Å²) in [5.74, 6) is -1.22. The Morgan fingerprint density at radius 1 is 1.38 bits per heavy atom. The molecule has 0 radical (unpaired) electrons. The molecule has 0 heterocycles. The lowest BCUT2D eigenvalue weighted by atomic mass is 10.1. The van der Waals surface area contributed by atoms with Crippen molar-refractivity contribution in [3.63, 3.8) is 0 Å². The average molecular weight is 295 g/mol. The third-order valence-electron chi connectivity index (χ3n) is 1.73. The van der Waals surface area contributed by atoms with Crippen LogP contribution in [0.3, 0.4) is 0 Å². The van der Waals surface area contributed by atoms with Crippen LogP contribution in [-0.2, 0) is 11.0 Å². The molecule has 6 heteroatoms. The molecule has 0 fully saturated rings. The van der Waals surface area contributed by atoms with Crippen LogP contribution in [0.1, 0.15) is 11.1 Å². The van der Waals surface area contributed by atoms with Gasteiger partial charge in [0.2, 0.25) is 0 Å². The van der Waals surface area contributed by atoms with E-state index in [0.717, 1.165) is 24.3 Å². The van der Waals surface area contributed by atoms with Gasteiger partial charge in [-0.3, -0.25) is 0 Å². The maximum Gasteiger partial charge on any atom is 0.416 e. The molecule has 1 aromatic rings.